The van der Waals surface area contributed by atoms with Gasteiger partial charge in [0.05, 0.1) is 6.54 Å². The topological polar surface area (TPSA) is 111 Å². The molecule has 0 spiro atoms. The highest BCUT2D eigenvalue weighted by atomic mass is 79.9. The number of aromatic nitrogens is 2. The van der Waals surface area contributed by atoms with Gasteiger partial charge in [-0.05, 0) is 43.9 Å². The van der Waals surface area contributed by atoms with Gasteiger partial charge in [0.25, 0.3) is 5.56 Å². The number of nitrogens with zero attached hydrogens (tertiary/aromatic N) is 2. The lowest BCUT2D eigenvalue weighted by atomic mass is 9.97. The lowest BCUT2D eigenvalue weighted by Crippen LogP contribution is -2.50. The van der Waals surface area contributed by atoms with E-state index in [-0.39, 0.29) is 17.2 Å². The molecule has 1 amide bonds. The lowest BCUT2D eigenvalue weighted by molar-refractivity contribution is 0.104. The van der Waals surface area contributed by atoms with Crippen molar-refractivity contribution in [3.05, 3.63) is 38.9 Å². The second-order valence-corrected chi connectivity index (χ2v) is 8.52. The monoisotopic (exact) mass is 446 g/mol. The van der Waals surface area contributed by atoms with Crippen molar-refractivity contribution in [1.82, 2.24) is 20.2 Å². The third kappa shape index (κ3) is 2.98. The van der Waals surface area contributed by atoms with Crippen molar-refractivity contribution >= 4 is 44.1 Å². The third-order valence-electron chi connectivity index (χ3n) is 5.88. The number of nitrogens with one attached hydrogen (secondary N) is 2. The minimum atomic E-state index is -0.965. The molecule has 8 nitrogen and oxygen atoms in total. The highest BCUT2D eigenvalue weighted by Crippen LogP contribution is 2.36. The van der Waals surface area contributed by atoms with Crippen LogP contribution in [0.1, 0.15) is 31.5 Å². The number of benzene rings is 1. The molecule has 2 bridgehead atoms. The quantitative estimate of drug-likeness (QED) is 0.569. The molecule has 2 atom stereocenters. The van der Waals surface area contributed by atoms with Crippen LogP contribution in [0.3, 0.4) is 0 Å². The Morgan fingerprint density at radius 3 is 2.82 bits per heavy atom. The molecule has 2 fully saturated rings. The summed E-state index contributed by atoms with van der Waals surface area (Å²) in [5.41, 5.74) is 1.17. The molecule has 3 N–H and O–H groups in total. The van der Waals surface area contributed by atoms with Crippen LogP contribution in [-0.4, -0.2) is 44.2 Å². The minimum Gasteiger partial charge on any atom is -0.465 e. The summed E-state index contributed by atoms with van der Waals surface area (Å²) in [6, 6.07) is 6.19. The number of H-pyrrole nitrogens is 1. The lowest BCUT2D eigenvalue weighted by Gasteiger charge is -2.38. The largest absolute Gasteiger partial charge is 0.465 e. The molecule has 2 saturated heterocycles. The van der Waals surface area contributed by atoms with E-state index in [1.54, 1.807) is 0 Å². The van der Waals surface area contributed by atoms with Crippen LogP contribution in [0.5, 0.6) is 0 Å². The fourth-order valence-electron chi connectivity index (χ4n) is 4.75. The summed E-state index contributed by atoms with van der Waals surface area (Å²) in [6.07, 6.45) is 2.69. The number of carboxylic acid groups (broad SMARTS) is 1. The van der Waals surface area contributed by atoms with Crippen molar-refractivity contribution in [2.24, 2.45) is 0 Å². The summed E-state index contributed by atoms with van der Waals surface area (Å²) in [7, 11) is 0. The normalized spacial score (nSPS) is 24.8. The first-order valence-electron chi connectivity index (χ1n) is 9.34. The van der Waals surface area contributed by atoms with Crippen molar-refractivity contribution in [3.63, 3.8) is 0 Å². The van der Waals surface area contributed by atoms with E-state index < -0.39 is 6.09 Å². The van der Waals surface area contributed by atoms with E-state index in [1.165, 1.54) is 0 Å². The molecule has 4 heterocycles. The number of carbonyl (C=O) groups is 1. The van der Waals surface area contributed by atoms with Crippen LogP contribution in [0.25, 0.3) is 22.1 Å². The van der Waals surface area contributed by atoms with Crippen molar-refractivity contribution in [2.75, 3.05) is 0 Å². The van der Waals surface area contributed by atoms with Gasteiger partial charge in [0.2, 0.25) is 5.58 Å². The van der Waals surface area contributed by atoms with Crippen LogP contribution in [0, 0.1) is 0 Å². The van der Waals surface area contributed by atoms with Gasteiger partial charge in [0.1, 0.15) is 16.9 Å². The molecule has 28 heavy (non-hydrogen) atoms. The fraction of sp³-hybridized carbons (Fsp3) is 0.421. The molecular weight excluding hydrogens is 428 g/mol. The van der Waals surface area contributed by atoms with Crippen LogP contribution in [-0.2, 0) is 6.54 Å². The molecular formula is C19H19BrN4O4. The Balaban J connectivity index is 1.46. The van der Waals surface area contributed by atoms with Gasteiger partial charge in [-0.25, -0.2) is 9.78 Å². The maximum absolute atomic E-state index is 12.6. The second-order valence-electron chi connectivity index (χ2n) is 7.61. The molecule has 9 heteroatoms. The number of aromatic amines is 1. The van der Waals surface area contributed by atoms with Crippen molar-refractivity contribution in [3.8, 4) is 0 Å². The summed E-state index contributed by atoms with van der Waals surface area (Å²) in [5.74, 6) is 0.613. The molecule has 0 saturated carbocycles. The zero-order chi connectivity index (χ0) is 19.4. The van der Waals surface area contributed by atoms with Gasteiger partial charge in [-0.3, -0.25) is 9.69 Å². The Kier molecular flexibility index (Phi) is 4.17. The number of halogens is 1. The summed E-state index contributed by atoms with van der Waals surface area (Å²) < 4.78 is 6.58. The Hall–Kier alpha value is -2.39. The number of amides is 1. The summed E-state index contributed by atoms with van der Waals surface area (Å²) in [5, 5.41) is 12.4. The Labute approximate surface area is 168 Å². The summed E-state index contributed by atoms with van der Waals surface area (Å²) in [6.45, 7) is 0.543. The summed E-state index contributed by atoms with van der Waals surface area (Å²) >= 11 is 3.45. The van der Waals surface area contributed by atoms with Crippen LogP contribution < -0.4 is 10.9 Å². The Morgan fingerprint density at radius 2 is 2.11 bits per heavy atom. The van der Waals surface area contributed by atoms with Gasteiger partial charge in [0, 0.05) is 28.0 Å². The molecule has 3 aromatic rings. The number of fused-ring (bicyclic) bond motifs is 5. The van der Waals surface area contributed by atoms with Gasteiger partial charge < -0.3 is 19.8 Å². The van der Waals surface area contributed by atoms with Crippen molar-refractivity contribution < 1.29 is 14.3 Å². The molecule has 2 aliphatic rings. The first kappa shape index (κ1) is 17.7. The van der Waals surface area contributed by atoms with Crippen LogP contribution in [0.15, 0.2) is 31.9 Å². The van der Waals surface area contributed by atoms with E-state index in [4.69, 9.17) is 14.5 Å². The number of furan rings is 1. The standard InChI is InChI=1S/C19H19BrN4O4/c20-9-1-4-14-13(5-9)16-17(28-14)18(25)23-15(22-16)8-24-11-2-3-12(24)7-10(6-11)21-19(26)27/h1,4-5,10-12,21H,2-3,6-8H2,(H,26,27)(H,22,23,25). The van der Waals surface area contributed by atoms with Crippen LogP contribution in [0.2, 0.25) is 0 Å². The maximum Gasteiger partial charge on any atom is 0.404 e. The Bertz CT molecular complexity index is 1130. The van der Waals surface area contributed by atoms with Crippen molar-refractivity contribution in [1.29, 1.82) is 0 Å². The van der Waals surface area contributed by atoms with E-state index in [0.29, 0.717) is 35.6 Å². The predicted molar refractivity (Wildman–Crippen MR) is 106 cm³/mol. The molecule has 146 valence electrons. The van der Waals surface area contributed by atoms with Gasteiger partial charge >= 0.3 is 6.09 Å². The first-order valence-corrected chi connectivity index (χ1v) is 10.1. The molecule has 0 aliphatic carbocycles. The van der Waals surface area contributed by atoms with E-state index in [0.717, 1.165) is 35.5 Å². The second kappa shape index (κ2) is 6.59. The van der Waals surface area contributed by atoms with Gasteiger partial charge in [-0.1, -0.05) is 15.9 Å². The number of hydrogen-bond donors (Lipinski definition) is 3. The first-order chi connectivity index (χ1) is 13.5. The van der Waals surface area contributed by atoms with E-state index in [1.807, 2.05) is 18.2 Å². The average Bonchev–Trinajstić information content (AvgIpc) is 3.09. The minimum absolute atomic E-state index is 0.00379. The molecule has 2 unspecified atom stereocenters. The molecule has 1 aromatic carbocycles. The maximum atomic E-state index is 12.6. The zero-order valence-electron chi connectivity index (χ0n) is 14.9. The number of piperidine rings is 1. The predicted octanol–water partition coefficient (Wildman–Crippen LogP) is 3.19. The number of rotatable bonds is 3. The average molecular weight is 447 g/mol. The fourth-order valence-corrected chi connectivity index (χ4v) is 5.11. The summed E-state index contributed by atoms with van der Waals surface area (Å²) in [4.78, 5) is 33.4. The van der Waals surface area contributed by atoms with E-state index in [9.17, 15) is 9.59 Å². The van der Waals surface area contributed by atoms with E-state index >= 15 is 0 Å². The third-order valence-corrected chi connectivity index (χ3v) is 6.37. The molecule has 0 radical (unpaired) electrons. The smallest absolute Gasteiger partial charge is 0.404 e. The highest BCUT2D eigenvalue weighted by Gasteiger charge is 2.41. The molecule has 5 rings (SSSR count). The van der Waals surface area contributed by atoms with Gasteiger partial charge in [-0.2, -0.15) is 0 Å². The highest BCUT2D eigenvalue weighted by molar-refractivity contribution is 9.10. The SMILES string of the molecule is O=C(O)NC1CC2CCC(C1)N2Cc1nc2c(oc3ccc(Br)cc32)c(=O)[nH]1. The van der Waals surface area contributed by atoms with E-state index in [2.05, 4.69) is 31.1 Å². The van der Waals surface area contributed by atoms with Crippen molar-refractivity contribution in [2.45, 2.75) is 50.4 Å². The van der Waals surface area contributed by atoms with Crippen LogP contribution in [0.4, 0.5) is 4.79 Å². The van der Waals surface area contributed by atoms with Gasteiger partial charge in [-0.15, -0.1) is 0 Å². The van der Waals surface area contributed by atoms with Crippen LogP contribution >= 0.6 is 15.9 Å². The Morgan fingerprint density at radius 1 is 1.36 bits per heavy atom. The number of hydrogen-bond acceptors (Lipinski definition) is 5. The zero-order valence-corrected chi connectivity index (χ0v) is 16.5. The molecule has 2 aliphatic heterocycles. The van der Waals surface area contributed by atoms with Gasteiger partial charge in [0.15, 0.2) is 0 Å². The molecule has 2 aromatic heterocycles.